The van der Waals surface area contributed by atoms with Crippen LogP contribution in [0.25, 0.3) is 0 Å². The molecule has 0 radical (unpaired) electrons. The number of hydrogen-bond donors (Lipinski definition) is 3. The Balaban J connectivity index is 5.56. The van der Waals surface area contributed by atoms with Crippen LogP contribution >= 0.6 is 15.6 Å². The fourth-order valence-corrected chi connectivity index (χ4v) is 12.2. The maximum atomic E-state index is 13.1. The van der Waals surface area contributed by atoms with Crippen LogP contribution in [-0.2, 0) is 65.4 Å². The van der Waals surface area contributed by atoms with Crippen molar-refractivity contribution in [3.63, 3.8) is 0 Å². The van der Waals surface area contributed by atoms with Crippen molar-refractivity contribution < 1.29 is 80.2 Å². The highest BCUT2D eigenvalue weighted by Gasteiger charge is 2.30. The fraction of sp³-hybridized carbons (Fsp3) is 0.613. The number of allylic oxidation sites excluding steroid dienone is 32. The van der Waals surface area contributed by atoms with Crippen LogP contribution in [-0.4, -0.2) is 96.7 Å². The molecule has 2 unspecified atom stereocenters. The van der Waals surface area contributed by atoms with Gasteiger partial charge in [0.15, 0.2) is 12.2 Å². The Morgan fingerprint density at radius 2 is 0.482 bits per heavy atom. The van der Waals surface area contributed by atoms with E-state index in [0.29, 0.717) is 38.5 Å². The first-order valence-electron chi connectivity index (χ1n) is 42.7. The molecule has 0 fully saturated rings. The molecule has 0 saturated heterocycles. The van der Waals surface area contributed by atoms with Crippen LogP contribution < -0.4 is 0 Å². The molecule has 0 spiro atoms. The van der Waals surface area contributed by atoms with Crippen molar-refractivity contribution in [1.82, 2.24) is 0 Å². The van der Waals surface area contributed by atoms with Crippen LogP contribution in [0.3, 0.4) is 0 Å². The van der Waals surface area contributed by atoms with Crippen LogP contribution in [0.2, 0.25) is 0 Å². The van der Waals surface area contributed by atoms with E-state index in [-0.39, 0.29) is 25.7 Å². The third kappa shape index (κ3) is 81.9. The van der Waals surface area contributed by atoms with Gasteiger partial charge >= 0.3 is 39.5 Å². The molecule has 634 valence electrons. The maximum absolute atomic E-state index is 13.1. The first-order valence-corrected chi connectivity index (χ1v) is 45.7. The summed E-state index contributed by atoms with van der Waals surface area (Å²) in [6.07, 6.45) is 103. The van der Waals surface area contributed by atoms with Gasteiger partial charge in [-0.3, -0.25) is 37.3 Å². The van der Waals surface area contributed by atoms with Crippen LogP contribution in [0, 0.1) is 0 Å². The van der Waals surface area contributed by atoms with Crippen molar-refractivity contribution in [3.05, 3.63) is 194 Å². The van der Waals surface area contributed by atoms with Gasteiger partial charge in [0.25, 0.3) is 0 Å². The van der Waals surface area contributed by atoms with Crippen LogP contribution in [0.15, 0.2) is 194 Å². The van der Waals surface area contributed by atoms with Gasteiger partial charge in [-0.15, -0.1) is 0 Å². The summed E-state index contributed by atoms with van der Waals surface area (Å²) in [6, 6.07) is 0. The highest BCUT2D eigenvalue weighted by molar-refractivity contribution is 7.47. The van der Waals surface area contributed by atoms with Crippen LogP contribution in [0.4, 0.5) is 0 Å². The number of carbonyl (C=O) groups is 4. The number of carbonyl (C=O) groups excluding carboxylic acids is 4. The predicted octanol–water partition coefficient (Wildman–Crippen LogP) is 25.7. The Morgan fingerprint density at radius 3 is 0.768 bits per heavy atom. The van der Waals surface area contributed by atoms with E-state index in [2.05, 4.69) is 186 Å². The topological polar surface area (TPSA) is 237 Å². The van der Waals surface area contributed by atoms with Gasteiger partial charge in [0.2, 0.25) is 0 Å². The van der Waals surface area contributed by atoms with Crippen molar-refractivity contribution in [2.75, 3.05) is 39.6 Å². The third-order valence-electron chi connectivity index (χ3n) is 17.1. The lowest BCUT2D eigenvalue weighted by Crippen LogP contribution is -2.30. The summed E-state index contributed by atoms with van der Waals surface area (Å²) in [5, 5.41) is 10.7. The molecule has 0 aromatic heterocycles. The number of phosphoric ester groups is 2. The van der Waals surface area contributed by atoms with Gasteiger partial charge in [0.05, 0.1) is 26.4 Å². The second-order valence-corrected chi connectivity index (χ2v) is 30.6. The molecule has 3 N–H and O–H groups in total. The molecule has 112 heavy (non-hydrogen) atoms. The van der Waals surface area contributed by atoms with Gasteiger partial charge in [-0.1, -0.05) is 331 Å². The number of esters is 4. The molecule has 0 aliphatic rings. The molecule has 0 saturated carbocycles. The van der Waals surface area contributed by atoms with Crippen molar-refractivity contribution in [1.29, 1.82) is 0 Å². The maximum Gasteiger partial charge on any atom is 0.472 e. The van der Waals surface area contributed by atoms with E-state index < -0.39 is 97.5 Å². The lowest BCUT2D eigenvalue weighted by Gasteiger charge is -2.21. The Bertz CT molecular complexity index is 2890. The number of ether oxygens (including phenoxy) is 4. The minimum absolute atomic E-state index is 0.0216. The van der Waals surface area contributed by atoms with Gasteiger partial charge in [0.1, 0.15) is 19.3 Å². The van der Waals surface area contributed by atoms with Gasteiger partial charge in [-0.05, 0) is 148 Å². The lowest BCUT2D eigenvalue weighted by atomic mass is 10.0. The second kappa shape index (κ2) is 82.9. The highest BCUT2D eigenvalue weighted by atomic mass is 31.2. The van der Waals surface area contributed by atoms with Crippen molar-refractivity contribution in [2.45, 2.75) is 329 Å². The summed E-state index contributed by atoms with van der Waals surface area (Å²) in [7, 11) is -10.0. The second-order valence-electron chi connectivity index (χ2n) is 27.7. The molecule has 17 nitrogen and oxygen atoms in total. The smallest absolute Gasteiger partial charge is 0.462 e. The molecule has 0 aromatic rings. The number of unbranched alkanes of at least 4 members (excludes halogenated alkanes) is 20. The zero-order chi connectivity index (χ0) is 81.7. The van der Waals surface area contributed by atoms with E-state index in [4.69, 9.17) is 37.0 Å². The zero-order valence-electron chi connectivity index (χ0n) is 69.5. The molecule has 0 bridgehead atoms. The summed E-state index contributed by atoms with van der Waals surface area (Å²) in [6.45, 7) is 4.42. The van der Waals surface area contributed by atoms with E-state index in [0.717, 1.165) is 135 Å². The molecule has 0 aliphatic carbocycles. The number of aliphatic hydroxyl groups is 1. The molecular weight excluding hydrogens is 1450 g/mol. The van der Waals surface area contributed by atoms with Crippen molar-refractivity contribution >= 4 is 39.5 Å². The monoisotopic (exact) mass is 1600 g/mol. The summed E-state index contributed by atoms with van der Waals surface area (Å²) < 4.78 is 68.6. The largest absolute Gasteiger partial charge is 0.472 e. The normalized spacial score (nSPS) is 14.7. The highest BCUT2D eigenvalue weighted by Crippen LogP contribution is 2.45. The number of aliphatic hydroxyl groups excluding tert-OH is 1. The Hall–Kier alpha value is -6.10. The third-order valence-corrected chi connectivity index (χ3v) is 19.0. The Kier molecular flexibility index (Phi) is 78.4. The lowest BCUT2D eigenvalue weighted by molar-refractivity contribution is -0.161. The molecule has 0 aromatic carbocycles. The molecule has 5 atom stereocenters. The van der Waals surface area contributed by atoms with E-state index >= 15 is 0 Å². The van der Waals surface area contributed by atoms with Crippen molar-refractivity contribution in [2.24, 2.45) is 0 Å². The van der Waals surface area contributed by atoms with Gasteiger partial charge in [-0.2, -0.15) is 0 Å². The Labute approximate surface area is 678 Å². The average molecular weight is 1600 g/mol. The fourth-order valence-electron chi connectivity index (χ4n) is 10.7. The van der Waals surface area contributed by atoms with Gasteiger partial charge in [-0.25, -0.2) is 9.13 Å². The van der Waals surface area contributed by atoms with E-state index in [1.165, 1.54) is 83.5 Å². The standard InChI is InChI=1S/C93H150O17P2/c1-5-9-13-17-21-25-29-33-37-40-43-46-50-53-57-61-65-69-73-77-90(95)103-83-88(109-92(97)79-75-71-67-63-59-55-49-36-32-28-24-20-16-12-8-4)85-107-111(99,100)105-81-87(94)82-106-112(101,102)108-86-89(110-93(98)80-76-72-68-64-60-56-52-48-45-42-39-35-31-27-23-19-15-11-7-3)84-104-91(96)78-74-70-66-62-58-54-51-47-44-41-38-34-30-26-22-18-14-10-6-2/h9,11,13,15,21-23,25-27,33-35,37-39,43-48,53-54,56-58,60,65-66,69-70,87-89,94H,5-8,10,12,14,16-20,24,28-32,36,40-42,49-52,55,59,61-64,67-68,71-86H2,1-4H3,(H,99,100)(H,101,102)/b13-9-,15-11-,25-21-,26-22-,27-23-,37-33-,38-34-,39-35-,46-43-,47-44-,48-45-,57-53-,58-54-,60-56-,69-65-,70-66-/t87-,88-,89-/m1/s1. The first kappa shape index (κ1) is 106. The Morgan fingerprint density at radius 1 is 0.259 bits per heavy atom. The molecule has 0 aliphatic heterocycles. The number of rotatable bonds is 78. The predicted molar refractivity (Wildman–Crippen MR) is 463 cm³/mol. The molecule has 0 heterocycles. The molecule has 0 rings (SSSR count). The van der Waals surface area contributed by atoms with Crippen LogP contribution in [0.5, 0.6) is 0 Å². The average Bonchev–Trinajstić information content (AvgIpc) is 0.898. The van der Waals surface area contributed by atoms with E-state index in [9.17, 15) is 43.2 Å². The van der Waals surface area contributed by atoms with E-state index in [1.807, 2.05) is 36.5 Å². The first-order chi connectivity index (χ1) is 54.7. The SMILES string of the molecule is CC/C=C\C/C=C\C/C=C\C/C=C\C/C=C\C/C=C\CCC(=O)OC[C@H](COP(=O)(O)OC[C@@H](O)COP(=O)(O)OC[C@@H](COC(=O)CC/C=C\C/C=C\C/C=C\C/C=C\C/C=C\CCCCC)OC(=O)CCCCC/C=C\C/C=C\C/C=C\C/C=C\C/C=C\CC)OC(=O)CCCCCCCCCCCCCCCCC. The summed E-state index contributed by atoms with van der Waals surface area (Å²) in [5.74, 6) is -2.42. The minimum atomic E-state index is -5.02. The van der Waals surface area contributed by atoms with Crippen molar-refractivity contribution in [3.8, 4) is 0 Å². The van der Waals surface area contributed by atoms with Gasteiger partial charge < -0.3 is 33.8 Å². The summed E-state index contributed by atoms with van der Waals surface area (Å²) >= 11 is 0. The van der Waals surface area contributed by atoms with Gasteiger partial charge in [0, 0.05) is 25.7 Å². The molecule has 19 heteroatoms. The quantitative estimate of drug-likeness (QED) is 0.0169. The molecular formula is C93H150O17P2. The van der Waals surface area contributed by atoms with Crippen LogP contribution in [0.1, 0.15) is 310 Å². The zero-order valence-corrected chi connectivity index (χ0v) is 71.3. The van der Waals surface area contributed by atoms with E-state index in [1.54, 1.807) is 0 Å². The number of hydrogen-bond acceptors (Lipinski definition) is 15. The molecule has 0 amide bonds. The number of phosphoric acid groups is 2. The minimum Gasteiger partial charge on any atom is -0.462 e. The summed E-state index contributed by atoms with van der Waals surface area (Å²) in [5.41, 5.74) is 0. The summed E-state index contributed by atoms with van der Waals surface area (Å²) in [4.78, 5) is 73.2.